The van der Waals surface area contributed by atoms with Gasteiger partial charge in [-0.2, -0.15) is 5.26 Å². The number of hydrogen-bond donors (Lipinski definition) is 1. The van der Waals surface area contributed by atoms with E-state index in [-0.39, 0.29) is 18.8 Å². The number of benzene rings is 4. The van der Waals surface area contributed by atoms with Gasteiger partial charge in [-0.15, -0.1) is 0 Å². The van der Waals surface area contributed by atoms with Gasteiger partial charge in [0.15, 0.2) is 11.2 Å². The first kappa shape index (κ1) is 29.5. The molecule has 0 bridgehead atoms. The summed E-state index contributed by atoms with van der Waals surface area (Å²) in [5.41, 5.74) is -1.68. The molecule has 0 unspecified atom stereocenters. The van der Waals surface area contributed by atoms with Crippen LogP contribution in [-0.2, 0) is 15.1 Å². The third kappa shape index (κ3) is 5.12. The summed E-state index contributed by atoms with van der Waals surface area (Å²) in [6, 6.07) is 33.5. The highest BCUT2D eigenvalue weighted by atomic mass is 35.5. The maximum absolute atomic E-state index is 14.6. The zero-order chi connectivity index (χ0) is 29.9. The fraction of sp³-hybridized carbons (Fsp3) is 0.229. The molecule has 5 nitrogen and oxygen atoms in total. The Hall–Kier alpha value is -3.95. The van der Waals surface area contributed by atoms with Gasteiger partial charge in [-0.05, 0) is 54.3 Å². The number of esters is 1. The molecule has 212 valence electrons. The summed E-state index contributed by atoms with van der Waals surface area (Å²) in [7, 11) is 0. The second-order valence-electron chi connectivity index (χ2n) is 10.5. The van der Waals surface area contributed by atoms with Crippen LogP contribution in [0.25, 0.3) is 0 Å². The van der Waals surface area contributed by atoms with E-state index in [1.807, 2.05) is 6.07 Å². The van der Waals surface area contributed by atoms with Gasteiger partial charge in [-0.3, -0.25) is 9.59 Å². The normalized spacial score (nSPS) is 25.3. The first-order valence-corrected chi connectivity index (χ1v) is 14.5. The first-order valence-electron chi connectivity index (χ1n) is 13.7. The Bertz CT molecular complexity index is 1600. The highest BCUT2D eigenvalue weighted by molar-refractivity contribution is 6.30. The Kier molecular flexibility index (Phi) is 8.52. The molecule has 1 aliphatic carbocycles. The van der Waals surface area contributed by atoms with Crippen molar-refractivity contribution in [3.8, 4) is 6.07 Å². The summed E-state index contributed by atoms with van der Waals surface area (Å²) >= 11 is 12.5. The lowest BCUT2D eigenvalue weighted by Crippen LogP contribution is -2.59. The number of carbonyl (C=O) groups excluding carboxylic acids is 2. The van der Waals surface area contributed by atoms with E-state index in [9.17, 15) is 20.0 Å². The van der Waals surface area contributed by atoms with Crippen LogP contribution in [0.15, 0.2) is 109 Å². The fourth-order valence-corrected chi connectivity index (χ4v) is 6.70. The van der Waals surface area contributed by atoms with Gasteiger partial charge in [0, 0.05) is 27.4 Å². The molecule has 5 rings (SSSR count). The summed E-state index contributed by atoms with van der Waals surface area (Å²) in [6.45, 7) is 1.70. The van der Waals surface area contributed by atoms with Gasteiger partial charge in [0.1, 0.15) is 5.60 Å². The van der Waals surface area contributed by atoms with Crippen molar-refractivity contribution in [3.05, 3.63) is 141 Å². The molecule has 1 N–H and O–H groups in total. The molecule has 1 fully saturated rings. The van der Waals surface area contributed by atoms with E-state index < -0.39 is 34.7 Å². The quantitative estimate of drug-likeness (QED) is 0.174. The molecule has 7 heteroatoms. The van der Waals surface area contributed by atoms with Gasteiger partial charge in [0.2, 0.25) is 0 Å². The minimum absolute atomic E-state index is 0.0309. The van der Waals surface area contributed by atoms with Crippen LogP contribution in [0.2, 0.25) is 10.0 Å². The van der Waals surface area contributed by atoms with Gasteiger partial charge in [-0.25, -0.2) is 0 Å². The number of nitriles is 1. The van der Waals surface area contributed by atoms with Crippen molar-refractivity contribution in [1.82, 2.24) is 0 Å². The second-order valence-corrected chi connectivity index (χ2v) is 11.4. The van der Waals surface area contributed by atoms with E-state index in [0.717, 1.165) is 0 Å². The average Bonchev–Trinajstić information content (AvgIpc) is 3.02. The Labute approximate surface area is 255 Å². The van der Waals surface area contributed by atoms with Gasteiger partial charge in [0.25, 0.3) is 0 Å². The van der Waals surface area contributed by atoms with E-state index in [1.54, 1.807) is 110 Å². The number of ketones is 1. The van der Waals surface area contributed by atoms with Gasteiger partial charge in [0.05, 0.1) is 18.6 Å². The van der Waals surface area contributed by atoms with E-state index >= 15 is 0 Å². The Morgan fingerprint density at radius 1 is 0.857 bits per heavy atom. The number of halogens is 2. The molecule has 5 atom stereocenters. The minimum atomic E-state index is -1.90. The van der Waals surface area contributed by atoms with Crippen molar-refractivity contribution in [2.75, 3.05) is 6.61 Å². The molecule has 42 heavy (non-hydrogen) atoms. The van der Waals surface area contributed by atoms with Crippen molar-refractivity contribution in [2.24, 2.45) is 11.3 Å². The Morgan fingerprint density at radius 3 is 1.90 bits per heavy atom. The molecule has 0 aromatic heterocycles. The van der Waals surface area contributed by atoms with Crippen LogP contribution >= 0.6 is 23.2 Å². The van der Waals surface area contributed by atoms with Crippen LogP contribution < -0.4 is 0 Å². The molecular formula is C35H29Cl2NO4. The maximum Gasteiger partial charge on any atom is 0.327 e. The Morgan fingerprint density at radius 2 is 1.38 bits per heavy atom. The number of rotatable bonds is 7. The monoisotopic (exact) mass is 597 g/mol. The van der Waals surface area contributed by atoms with Crippen molar-refractivity contribution in [3.63, 3.8) is 0 Å². The third-order valence-corrected chi connectivity index (χ3v) is 8.82. The predicted octanol–water partition coefficient (Wildman–Crippen LogP) is 7.72. The smallest absolute Gasteiger partial charge is 0.327 e. The third-order valence-electron chi connectivity index (χ3n) is 8.32. The molecular weight excluding hydrogens is 569 g/mol. The molecule has 4 aromatic rings. The second kappa shape index (κ2) is 12.1. The van der Waals surface area contributed by atoms with Crippen LogP contribution in [-0.4, -0.2) is 23.5 Å². The lowest BCUT2D eigenvalue weighted by atomic mass is 9.47. The molecule has 0 amide bonds. The number of carbonyl (C=O) groups is 2. The zero-order valence-electron chi connectivity index (χ0n) is 22.9. The van der Waals surface area contributed by atoms with E-state index in [4.69, 9.17) is 27.9 Å². The molecule has 0 radical (unpaired) electrons. The number of nitrogens with zero attached hydrogens (tertiary/aromatic N) is 1. The van der Waals surface area contributed by atoms with Crippen LogP contribution in [0.4, 0.5) is 0 Å². The predicted molar refractivity (Wildman–Crippen MR) is 162 cm³/mol. The van der Waals surface area contributed by atoms with Gasteiger partial charge in [-0.1, -0.05) is 108 Å². The number of ether oxygens (including phenoxy) is 1. The van der Waals surface area contributed by atoms with E-state index in [0.29, 0.717) is 32.3 Å². The minimum Gasteiger partial charge on any atom is -0.465 e. The number of hydrogen-bond acceptors (Lipinski definition) is 5. The molecule has 1 saturated carbocycles. The highest BCUT2D eigenvalue weighted by Gasteiger charge is 2.67. The molecule has 0 aliphatic heterocycles. The molecule has 0 heterocycles. The van der Waals surface area contributed by atoms with Crippen LogP contribution in [0.1, 0.15) is 52.2 Å². The van der Waals surface area contributed by atoms with Crippen LogP contribution in [0.5, 0.6) is 0 Å². The SMILES string of the molecule is CCOC(=O)[C@@]1(C#N)[C@H](c2ccc(Cl)cc2)[C@@H](C(=O)c2ccccc2)[C@@](O)(c2ccccc2)C[C@H]1c1ccc(Cl)cc1. The zero-order valence-corrected chi connectivity index (χ0v) is 24.4. The van der Waals surface area contributed by atoms with Crippen LogP contribution in [0.3, 0.4) is 0 Å². The van der Waals surface area contributed by atoms with E-state index in [2.05, 4.69) is 6.07 Å². The summed E-state index contributed by atoms with van der Waals surface area (Å²) in [6.07, 6.45) is -0.0989. The van der Waals surface area contributed by atoms with Crippen molar-refractivity contribution in [2.45, 2.75) is 30.8 Å². The van der Waals surface area contributed by atoms with Crippen LogP contribution in [0, 0.1) is 22.7 Å². The summed E-state index contributed by atoms with van der Waals surface area (Å²) < 4.78 is 5.63. The summed E-state index contributed by atoms with van der Waals surface area (Å²) in [5.74, 6) is -4.37. The fourth-order valence-electron chi connectivity index (χ4n) is 6.44. The lowest BCUT2D eigenvalue weighted by molar-refractivity contribution is -0.164. The van der Waals surface area contributed by atoms with E-state index in [1.165, 1.54) is 0 Å². The van der Waals surface area contributed by atoms with Gasteiger partial charge >= 0.3 is 5.97 Å². The largest absolute Gasteiger partial charge is 0.465 e. The highest BCUT2D eigenvalue weighted by Crippen LogP contribution is 2.63. The summed E-state index contributed by atoms with van der Waals surface area (Å²) in [4.78, 5) is 28.9. The average molecular weight is 599 g/mol. The van der Waals surface area contributed by atoms with Crippen molar-refractivity contribution >= 4 is 35.0 Å². The number of Topliss-reactive ketones (excluding diaryl/α,β-unsaturated/α-hetero) is 1. The maximum atomic E-state index is 14.6. The topological polar surface area (TPSA) is 87.4 Å². The molecule has 1 aliphatic rings. The van der Waals surface area contributed by atoms with Gasteiger partial charge < -0.3 is 9.84 Å². The lowest BCUT2D eigenvalue weighted by Gasteiger charge is -2.54. The Balaban J connectivity index is 1.89. The molecule has 0 saturated heterocycles. The first-order chi connectivity index (χ1) is 20.3. The standard InChI is InChI=1S/C35H29Cl2NO4/c1-2-42-33(40)34(22-38)29(23-13-17-27(36)18-14-23)21-35(41,26-11-7-4-8-12-26)31(32(39)25-9-5-3-6-10-25)30(34)24-15-19-28(37)20-16-24/h3-20,29-31,41H,2,21H2,1H3/t29-,30+,31-,34+,35-/m0/s1. The van der Waals surface area contributed by atoms with Crippen molar-refractivity contribution < 1.29 is 19.4 Å². The number of aliphatic hydroxyl groups is 1. The summed E-state index contributed by atoms with van der Waals surface area (Å²) in [5, 5.41) is 25.0. The van der Waals surface area contributed by atoms with Crippen molar-refractivity contribution in [1.29, 1.82) is 5.26 Å². The molecule has 4 aromatic carbocycles. The molecule has 0 spiro atoms.